The Hall–Kier alpha value is -2.17. The third-order valence-corrected chi connectivity index (χ3v) is 3.47. The summed E-state index contributed by atoms with van der Waals surface area (Å²) in [5, 5.41) is 4.86. The molecule has 0 aliphatic heterocycles. The zero-order valence-corrected chi connectivity index (χ0v) is 12.6. The number of rotatable bonds is 4. The molecule has 0 bridgehead atoms. The smallest absolute Gasteiger partial charge is 0.170 e. The molecule has 0 saturated carbocycles. The van der Waals surface area contributed by atoms with Crippen molar-refractivity contribution in [3.63, 3.8) is 0 Å². The molecule has 1 heterocycles. The predicted octanol–water partition coefficient (Wildman–Crippen LogP) is 4.63. The molecule has 1 atom stereocenters. The van der Waals surface area contributed by atoms with Crippen LogP contribution in [-0.2, 0) is 0 Å². The molecule has 5 heteroatoms. The number of benzene rings is 2. The zero-order valence-electron chi connectivity index (χ0n) is 11.8. The molecule has 0 amide bonds. The highest BCUT2D eigenvalue weighted by molar-refractivity contribution is 5.92. The number of aromatic nitrogens is 1. The summed E-state index contributed by atoms with van der Waals surface area (Å²) >= 11 is 0. The van der Waals surface area contributed by atoms with Crippen molar-refractivity contribution in [2.45, 2.75) is 12.5 Å². The summed E-state index contributed by atoms with van der Waals surface area (Å²) in [7, 11) is 0. The average molecular weight is 319 g/mol. The van der Waals surface area contributed by atoms with Crippen molar-refractivity contribution < 1.29 is 8.91 Å². The van der Waals surface area contributed by atoms with E-state index in [1.165, 1.54) is 12.1 Å². The first kappa shape index (κ1) is 16.2. The first-order chi connectivity index (χ1) is 10.2. The van der Waals surface area contributed by atoms with Gasteiger partial charge in [0.05, 0.1) is 0 Å². The molecule has 114 valence electrons. The maximum absolute atomic E-state index is 13.2. The minimum Gasteiger partial charge on any atom is -0.356 e. The quantitative estimate of drug-likeness (QED) is 0.713. The van der Waals surface area contributed by atoms with Crippen LogP contribution in [0.3, 0.4) is 0 Å². The second kappa shape index (κ2) is 6.73. The second-order valence-corrected chi connectivity index (χ2v) is 4.89. The van der Waals surface area contributed by atoms with Crippen molar-refractivity contribution in [3.05, 3.63) is 66.5 Å². The lowest BCUT2D eigenvalue weighted by Gasteiger charge is -2.13. The fourth-order valence-corrected chi connectivity index (χ4v) is 2.45. The Morgan fingerprint density at radius 3 is 2.82 bits per heavy atom. The molecule has 0 saturated heterocycles. The first-order valence-electron chi connectivity index (χ1n) is 6.71. The number of hydrogen-bond donors (Lipinski definition) is 1. The van der Waals surface area contributed by atoms with Crippen molar-refractivity contribution in [1.82, 2.24) is 5.16 Å². The highest BCUT2D eigenvalue weighted by atomic mass is 35.5. The third kappa shape index (κ3) is 2.89. The molecule has 0 radical (unpaired) electrons. The summed E-state index contributed by atoms with van der Waals surface area (Å²) < 4.78 is 18.5. The van der Waals surface area contributed by atoms with Crippen LogP contribution in [0, 0.1) is 5.82 Å². The summed E-state index contributed by atoms with van der Waals surface area (Å²) in [6.07, 6.45) is 2.46. The second-order valence-electron chi connectivity index (χ2n) is 4.89. The van der Waals surface area contributed by atoms with Gasteiger partial charge in [0.2, 0.25) is 0 Å². The number of fused-ring (bicyclic) bond motifs is 1. The molecule has 0 aliphatic carbocycles. The van der Waals surface area contributed by atoms with Crippen molar-refractivity contribution >= 4 is 23.4 Å². The van der Waals surface area contributed by atoms with Crippen LogP contribution in [-0.4, -0.2) is 5.16 Å². The van der Waals surface area contributed by atoms with Gasteiger partial charge in [-0.25, -0.2) is 4.39 Å². The number of nitrogens with zero attached hydrogens (tertiary/aromatic N) is 1. The molecular weight excluding hydrogens is 303 g/mol. The minimum absolute atomic E-state index is 0. The van der Waals surface area contributed by atoms with Gasteiger partial charge in [-0.15, -0.1) is 19.0 Å². The van der Waals surface area contributed by atoms with Gasteiger partial charge < -0.3 is 10.3 Å². The average Bonchev–Trinajstić information content (AvgIpc) is 2.90. The zero-order chi connectivity index (χ0) is 14.8. The topological polar surface area (TPSA) is 52.0 Å². The van der Waals surface area contributed by atoms with Crippen molar-refractivity contribution in [2.24, 2.45) is 5.73 Å². The minimum atomic E-state index is -0.346. The summed E-state index contributed by atoms with van der Waals surface area (Å²) in [6, 6.07) is 12.0. The Labute approximate surface area is 134 Å². The maximum Gasteiger partial charge on any atom is 0.170 e. The van der Waals surface area contributed by atoms with Gasteiger partial charge in [-0.2, -0.15) is 0 Å². The molecule has 3 nitrogen and oxygen atoms in total. The fraction of sp³-hybridized carbons (Fsp3) is 0.118. The number of halogens is 2. The molecule has 3 aromatic rings. The summed E-state index contributed by atoms with van der Waals surface area (Å²) in [4.78, 5) is 0. The summed E-state index contributed by atoms with van der Waals surface area (Å²) in [5.74, 6) is -0.346. The molecule has 2 N–H and O–H groups in total. The molecular formula is C17H16ClFN2O. The molecule has 2 aromatic carbocycles. The van der Waals surface area contributed by atoms with Gasteiger partial charge in [0.25, 0.3) is 0 Å². The van der Waals surface area contributed by atoms with Gasteiger partial charge >= 0.3 is 0 Å². The standard InChI is InChI=1S/C17H15FN2O.ClH/c1-2-5-15(19)12-6-3-4-7-13(12)17-14-9-8-11(18)10-16(14)21-20-17;/h2-4,6-10,15H,1,5,19H2;1H/t15-;/m1./s1. The molecule has 0 fully saturated rings. The van der Waals surface area contributed by atoms with Gasteiger partial charge in [-0.05, 0) is 24.1 Å². The lowest BCUT2D eigenvalue weighted by molar-refractivity contribution is 0.457. The molecule has 22 heavy (non-hydrogen) atoms. The van der Waals surface area contributed by atoms with E-state index in [4.69, 9.17) is 10.3 Å². The summed E-state index contributed by atoms with van der Waals surface area (Å²) in [5.41, 5.74) is 9.17. The van der Waals surface area contributed by atoms with E-state index in [1.807, 2.05) is 24.3 Å². The van der Waals surface area contributed by atoms with E-state index in [0.717, 1.165) is 16.5 Å². The Kier molecular flexibility index (Phi) is 4.96. The van der Waals surface area contributed by atoms with Gasteiger partial charge in [-0.1, -0.05) is 35.5 Å². The molecule has 1 aromatic heterocycles. The summed E-state index contributed by atoms with van der Waals surface area (Å²) in [6.45, 7) is 3.72. The fourth-order valence-electron chi connectivity index (χ4n) is 2.45. The van der Waals surface area contributed by atoms with Crippen LogP contribution in [0.4, 0.5) is 4.39 Å². The van der Waals surface area contributed by atoms with Gasteiger partial charge in [0.15, 0.2) is 5.58 Å². The SMILES string of the molecule is C=CC[C@@H](N)c1ccccc1-c1noc2cc(F)ccc12.Cl. The Morgan fingerprint density at radius 2 is 2.05 bits per heavy atom. The lowest BCUT2D eigenvalue weighted by Crippen LogP contribution is -2.10. The van der Waals surface area contributed by atoms with Crippen LogP contribution in [0.25, 0.3) is 22.2 Å². The lowest BCUT2D eigenvalue weighted by atomic mass is 9.95. The van der Waals surface area contributed by atoms with Crippen molar-refractivity contribution in [1.29, 1.82) is 0 Å². The van der Waals surface area contributed by atoms with Gasteiger partial charge in [-0.3, -0.25) is 0 Å². The maximum atomic E-state index is 13.2. The monoisotopic (exact) mass is 318 g/mol. The van der Waals surface area contributed by atoms with E-state index in [0.29, 0.717) is 17.7 Å². The highest BCUT2D eigenvalue weighted by Crippen LogP contribution is 2.33. The largest absolute Gasteiger partial charge is 0.356 e. The first-order valence-corrected chi connectivity index (χ1v) is 6.71. The normalized spacial score (nSPS) is 11.9. The van der Waals surface area contributed by atoms with Crippen LogP contribution in [0.15, 0.2) is 59.6 Å². The molecule has 0 spiro atoms. The van der Waals surface area contributed by atoms with Crippen LogP contribution >= 0.6 is 12.4 Å². The number of nitrogens with two attached hydrogens (primary N) is 1. The van der Waals surface area contributed by atoms with Crippen LogP contribution < -0.4 is 5.73 Å². The van der Waals surface area contributed by atoms with Crippen LogP contribution in [0.5, 0.6) is 0 Å². The van der Waals surface area contributed by atoms with Crippen molar-refractivity contribution in [3.8, 4) is 11.3 Å². The Bertz CT molecular complexity index is 800. The molecule has 3 rings (SSSR count). The molecule has 0 aliphatic rings. The van der Waals surface area contributed by atoms with Crippen molar-refractivity contribution in [2.75, 3.05) is 0 Å². The van der Waals surface area contributed by atoms with Gasteiger partial charge in [0, 0.05) is 23.1 Å². The number of hydrogen-bond acceptors (Lipinski definition) is 3. The van der Waals surface area contributed by atoms with E-state index >= 15 is 0 Å². The molecule has 0 unspecified atom stereocenters. The Morgan fingerprint density at radius 1 is 1.27 bits per heavy atom. The Balaban J connectivity index is 0.00000176. The van der Waals surface area contributed by atoms with E-state index in [9.17, 15) is 4.39 Å². The highest BCUT2D eigenvalue weighted by Gasteiger charge is 2.17. The van der Waals surface area contributed by atoms with E-state index in [-0.39, 0.29) is 24.3 Å². The van der Waals surface area contributed by atoms with E-state index < -0.39 is 0 Å². The van der Waals surface area contributed by atoms with E-state index in [2.05, 4.69) is 11.7 Å². The van der Waals surface area contributed by atoms with E-state index in [1.54, 1.807) is 12.1 Å². The van der Waals surface area contributed by atoms with Crippen LogP contribution in [0.1, 0.15) is 18.0 Å². The third-order valence-electron chi connectivity index (χ3n) is 3.47. The van der Waals surface area contributed by atoms with Crippen LogP contribution in [0.2, 0.25) is 0 Å². The predicted molar refractivity (Wildman–Crippen MR) is 88.4 cm³/mol. The van der Waals surface area contributed by atoms with Gasteiger partial charge in [0.1, 0.15) is 11.5 Å².